The van der Waals surface area contributed by atoms with Crippen molar-refractivity contribution in [1.82, 2.24) is 5.32 Å². The lowest BCUT2D eigenvalue weighted by atomic mass is 9.59. The van der Waals surface area contributed by atoms with E-state index in [9.17, 15) is 45.3 Å². The van der Waals surface area contributed by atoms with E-state index in [1.807, 2.05) is 6.08 Å². The highest BCUT2D eigenvalue weighted by Gasteiger charge is 2.59. The highest BCUT2D eigenvalue weighted by atomic mass is 17.2. The molecule has 16 nitrogen and oxygen atoms in total. The number of hydrogen-bond donors (Lipinski definition) is 9. The van der Waals surface area contributed by atoms with Gasteiger partial charge in [0.2, 0.25) is 17.2 Å². The van der Waals surface area contributed by atoms with E-state index >= 15 is 0 Å². The van der Waals surface area contributed by atoms with Crippen molar-refractivity contribution in [3.05, 3.63) is 93.1 Å². The quantitative estimate of drug-likeness (QED) is 0.0686. The molecule has 1 amide bonds. The molecule has 3 aromatic carbocycles. The monoisotopic (exact) mass is 936 g/mol. The molecule has 2 saturated carbocycles. The summed E-state index contributed by atoms with van der Waals surface area (Å²) in [6.07, 6.45) is 6.92. The van der Waals surface area contributed by atoms with Crippen molar-refractivity contribution in [3.8, 4) is 17.2 Å². The Morgan fingerprint density at radius 2 is 1.81 bits per heavy atom. The van der Waals surface area contributed by atoms with Gasteiger partial charge in [-0.2, -0.15) is 0 Å². The van der Waals surface area contributed by atoms with Crippen LogP contribution in [0.3, 0.4) is 0 Å². The van der Waals surface area contributed by atoms with Crippen LogP contribution in [-0.4, -0.2) is 109 Å². The summed E-state index contributed by atoms with van der Waals surface area (Å²) in [7, 11) is 0. The number of amides is 1. The minimum Gasteiger partial charge on any atom is -0.508 e. The number of aryl methyl sites for hydroxylation is 1. The van der Waals surface area contributed by atoms with Crippen LogP contribution in [0.4, 0.5) is 5.69 Å². The van der Waals surface area contributed by atoms with Gasteiger partial charge in [0.05, 0.1) is 17.4 Å². The van der Waals surface area contributed by atoms with Gasteiger partial charge in [-0.25, -0.2) is 9.78 Å². The average Bonchev–Trinajstić information content (AvgIpc) is 4.02. The summed E-state index contributed by atoms with van der Waals surface area (Å²) in [6.45, 7) is 2.76. The third-order valence-electron chi connectivity index (χ3n) is 16.2. The molecule has 9 N–H and O–H groups in total. The number of carbonyl (C=O) groups excluding carboxylic acids is 1. The van der Waals surface area contributed by atoms with Crippen molar-refractivity contribution in [3.63, 3.8) is 0 Å². The molecule has 16 heteroatoms. The summed E-state index contributed by atoms with van der Waals surface area (Å²) in [5.41, 5.74) is -0.0914. The Kier molecular flexibility index (Phi) is 12.3. The van der Waals surface area contributed by atoms with Gasteiger partial charge in [-0.05, 0) is 105 Å². The molecular weight excluding hydrogens is 875 g/mol. The zero-order chi connectivity index (χ0) is 47.7. The maximum absolute atomic E-state index is 13.9. The molecule has 4 aromatic rings. The predicted molar refractivity (Wildman–Crippen MR) is 249 cm³/mol. The molecule has 1 saturated heterocycles. The number of phenolic OH excluding ortho intramolecular Hbond substituents is 2. The van der Waals surface area contributed by atoms with E-state index in [1.54, 1.807) is 19.2 Å². The number of carbonyl (C=O) groups is 1. The van der Waals surface area contributed by atoms with Crippen LogP contribution >= 0.6 is 0 Å². The number of quaternary nitrogens is 1. The zero-order valence-electron chi connectivity index (χ0n) is 38.4. The number of phenols is 2. The normalized spacial score (nSPS) is 28.5. The molecule has 5 heterocycles. The molecule has 2 aliphatic carbocycles. The summed E-state index contributed by atoms with van der Waals surface area (Å²) in [6, 6.07) is 10.4. The largest absolute Gasteiger partial charge is 0.508 e. The van der Waals surface area contributed by atoms with E-state index in [0.717, 1.165) is 67.5 Å². The van der Waals surface area contributed by atoms with E-state index in [1.165, 1.54) is 36.4 Å². The van der Waals surface area contributed by atoms with Crippen LogP contribution < -0.4 is 20.4 Å². The fourth-order valence-corrected chi connectivity index (χ4v) is 12.8. The second kappa shape index (κ2) is 18.0. The standard InChI is InChI=1S/C52H61N3O13/c1-3-39-34-13-17-53-38(34)25-55(39)44-46-31(19-36-41(59)18-28(2)66-47(36)44)20-43(52(67-46)16-7-8-30(23-52)37-24-54-49(63)50(37)14-5-4-6-15-50)68-65-27-51(64,48(62)45(61)42(60)26-56)22-29-9-12-40(58)33-11-10-32(57)21-35(29)33/h9-13,17-19,21,25,30,37,39,42-43,45,48,56-58,60-62,64H,3-8,14-16,20,22-24,26-27H2,1-2H3,(H,54,63)/p+1/t30-,37+,39?,42-,43-,45-,48+,51+,52-/m1/s1. The minimum absolute atomic E-state index is 0.0501. The topological polar surface area (TPSA) is 245 Å². The molecule has 10 rings (SSSR count). The van der Waals surface area contributed by atoms with Crippen LogP contribution in [0.15, 0.2) is 80.2 Å². The Balaban J connectivity index is 1.06. The number of hydrogen-bond acceptors (Lipinski definition) is 14. The molecule has 4 aliphatic heterocycles. The summed E-state index contributed by atoms with van der Waals surface area (Å²) >= 11 is 0. The lowest BCUT2D eigenvalue weighted by Crippen LogP contribution is -3.05. The molecule has 0 radical (unpaired) electrons. The number of aliphatic imine (C=N–C) groups is 1. The van der Waals surface area contributed by atoms with Gasteiger partial charge in [0.25, 0.3) is 0 Å². The number of aliphatic hydroxyl groups is 5. The third kappa shape index (κ3) is 7.82. The maximum atomic E-state index is 13.9. The van der Waals surface area contributed by atoms with Crippen LogP contribution in [0.2, 0.25) is 0 Å². The number of aromatic hydroxyl groups is 2. The number of aliphatic hydroxyl groups excluding tert-OH is 4. The van der Waals surface area contributed by atoms with E-state index < -0.39 is 60.7 Å². The van der Waals surface area contributed by atoms with Gasteiger partial charge in [-0.3, -0.25) is 19.5 Å². The van der Waals surface area contributed by atoms with Gasteiger partial charge in [-0.1, -0.05) is 32.3 Å². The molecule has 3 fully saturated rings. The Bertz CT molecular complexity index is 2780. The van der Waals surface area contributed by atoms with Crippen molar-refractivity contribution in [1.29, 1.82) is 0 Å². The summed E-state index contributed by atoms with van der Waals surface area (Å²) in [5, 5.41) is 80.8. The second-order valence-corrected chi connectivity index (χ2v) is 20.2. The number of allylic oxidation sites excluding steroid dienone is 1. The van der Waals surface area contributed by atoms with Crippen molar-refractivity contribution >= 4 is 39.6 Å². The fraction of sp³-hybridized carbons (Fsp3) is 0.519. The molecule has 0 bridgehead atoms. The van der Waals surface area contributed by atoms with Crippen LogP contribution in [0.5, 0.6) is 17.2 Å². The number of ether oxygens (including phenoxy) is 1. The molecule has 2 spiro atoms. The first kappa shape index (κ1) is 46.6. The predicted octanol–water partition coefficient (Wildman–Crippen LogP) is 3.75. The average molecular weight is 937 g/mol. The van der Waals surface area contributed by atoms with E-state index in [2.05, 4.69) is 23.4 Å². The van der Waals surface area contributed by atoms with E-state index in [4.69, 9.17) is 18.9 Å². The number of benzene rings is 3. The van der Waals surface area contributed by atoms with Crippen molar-refractivity contribution in [2.45, 2.75) is 133 Å². The van der Waals surface area contributed by atoms with Gasteiger partial charge in [0, 0.05) is 54.6 Å². The molecule has 1 aromatic heterocycles. The van der Waals surface area contributed by atoms with Crippen molar-refractivity contribution < 1.29 is 64.4 Å². The first-order chi connectivity index (χ1) is 32.7. The summed E-state index contributed by atoms with van der Waals surface area (Å²) in [4.78, 5) is 45.9. The Hall–Kier alpha value is -5.17. The highest BCUT2D eigenvalue weighted by Crippen LogP contribution is 2.56. The molecule has 362 valence electrons. The van der Waals surface area contributed by atoms with Crippen LogP contribution in [0.25, 0.3) is 21.7 Å². The van der Waals surface area contributed by atoms with Gasteiger partial charge < -0.3 is 50.2 Å². The SMILES string of the molecule is CCC1C2=CC=NC2=C[NH+]1c1c2c(cc3c(=O)cc(C)oc13)C[C@@H](OOC[C@@](O)(Cc1ccc(O)c3ccc(O)cc13)[C@@H](O)[C@H](O)[C@H](O)CO)[C@]1(CCC[C@@H]([C@@H]3CNC(=O)C34CCCCC4)C1)O2. The Morgan fingerprint density at radius 1 is 1.00 bits per heavy atom. The number of nitrogens with zero attached hydrogens (tertiary/aromatic N) is 1. The minimum atomic E-state index is -2.40. The smallest absolute Gasteiger partial charge is 0.226 e. The lowest BCUT2D eigenvalue weighted by molar-refractivity contribution is -0.793. The van der Waals surface area contributed by atoms with Crippen LogP contribution in [0, 0.1) is 24.2 Å². The van der Waals surface area contributed by atoms with Crippen molar-refractivity contribution in [2.75, 3.05) is 19.8 Å². The van der Waals surface area contributed by atoms with Crippen LogP contribution in [-0.2, 0) is 27.4 Å². The first-order valence-corrected chi connectivity index (χ1v) is 24.2. The highest BCUT2D eigenvalue weighted by molar-refractivity contribution is 5.92. The van der Waals surface area contributed by atoms with Gasteiger partial charge in [0.1, 0.15) is 77.4 Å². The lowest BCUT2D eigenvalue weighted by Gasteiger charge is -2.51. The molecular formula is C52H62N3O13+. The van der Waals surface area contributed by atoms with Gasteiger partial charge in [-0.15, -0.1) is 0 Å². The molecule has 68 heavy (non-hydrogen) atoms. The fourth-order valence-electron chi connectivity index (χ4n) is 12.8. The van der Waals surface area contributed by atoms with Gasteiger partial charge >= 0.3 is 0 Å². The molecule has 2 unspecified atom stereocenters. The molecule has 6 aliphatic rings. The Morgan fingerprint density at radius 3 is 2.59 bits per heavy atom. The number of fused-ring (bicyclic) bond motifs is 4. The van der Waals surface area contributed by atoms with Gasteiger partial charge in [0.15, 0.2) is 11.2 Å². The summed E-state index contributed by atoms with van der Waals surface area (Å²) in [5.74, 6) is 1.05. The Labute approximate surface area is 393 Å². The van der Waals surface area contributed by atoms with Crippen LogP contribution in [0.1, 0.15) is 88.0 Å². The summed E-state index contributed by atoms with van der Waals surface area (Å²) < 4.78 is 14.0. The molecule has 10 atom stereocenters. The maximum Gasteiger partial charge on any atom is 0.226 e. The second-order valence-electron chi connectivity index (χ2n) is 20.2. The first-order valence-electron chi connectivity index (χ1n) is 24.2. The number of nitrogens with one attached hydrogen (secondary N) is 2. The zero-order valence-corrected chi connectivity index (χ0v) is 38.4. The van der Waals surface area contributed by atoms with E-state index in [-0.39, 0.29) is 47.1 Å². The van der Waals surface area contributed by atoms with Crippen molar-refractivity contribution in [2.24, 2.45) is 22.2 Å². The van der Waals surface area contributed by atoms with E-state index in [0.29, 0.717) is 69.5 Å². The third-order valence-corrected chi connectivity index (χ3v) is 16.2. The number of rotatable bonds is 13.